The fraction of sp³-hybridized carbons (Fsp3) is 0. The van der Waals surface area contributed by atoms with Crippen molar-refractivity contribution in [2.24, 2.45) is 0 Å². The summed E-state index contributed by atoms with van der Waals surface area (Å²) in [6.45, 7) is 0. The summed E-state index contributed by atoms with van der Waals surface area (Å²) in [5, 5.41) is 0. The number of halogens is 4. The Morgan fingerprint density at radius 2 is 1.83 bits per heavy atom. The third-order valence-corrected chi connectivity index (χ3v) is 0. The maximum Gasteiger partial charge on any atom is 1.00 e. The molecule has 0 aliphatic heterocycles. The summed E-state index contributed by atoms with van der Waals surface area (Å²) >= 11 is 8.81. The van der Waals surface area contributed by atoms with Gasteiger partial charge in [0.05, 0.1) is 0 Å². The van der Waals surface area contributed by atoms with Gasteiger partial charge in [-0.3, -0.25) is 38.1 Å². The summed E-state index contributed by atoms with van der Waals surface area (Å²) in [4.78, 5) is 0. The topological polar surface area (TPSA) is 0 Å². The van der Waals surface area contributed by atoms with Crippen molar-refractivity contribution in [3.8, 4) is 0 Å². The van der Waals surface area contributed by atoms with E-state index in [4.69, 9.17) is 11.5 Å². The zero-order valence-electron chi connectivity index (χ0n) is 3.09. The van der Waals surface area contributed by atoms with Gasteiger partial charge in [0.2, 0.25) is 0 Å². The van der Waals surface area contributed by atoms with Crippen molar-refractivity contribution in [3.05, 3.63) is 0 Å². The molecule has 0 nitrogen and oxygen atoms in total. The molecule has 0 heterocycles. The maximum atomic E-state index is 11.4. The van der Waals surface area contributed by atoms with Gasteiger partial charge >= 0.3 is 32.1 Å². The van der Waals surface area contributed by atoms with E-state index in [2.05, 4.69) is 15.8 Å². The van der Waals surface area contributed by atoms with Gasteiger partial charge in [0.15, 0.2) is 0 Å². The third kappa shape index (κ3) is 31.5. The van der Waals surface area contributed by atoms with Gasteiger partial charge in [0, 0.05) is 0 Å². The molecule has 0 aromatic carbocycles. The summed E-state index contributed by atoms with van der Waals surface area (Å²) in [7, 11) is 0. The van der Waals surface area contributed by atoms with Crippen LogP contribution in [0.3, 0.4) is 0 Å². The van der Waals surface area contributed by atoms with Crippen LogP contribution in [0.15, 0.2) is 0 Å². The van der Waals surface area contributed by atoms with E-state index in [0.29, 0.717) is 0 Å². The summed E-state index contributed by atoms with van der Waals surface area (Å²) < 4.78 is 9.17. The van der Waals surface area contributed by atoms with Crippen LogP contribution in [-0.2, 0) is 0 Å². The molecule has 1 unspecified atom stereocenters. The molecule has 0 aliphatic carbocycles. The first-order valence-electron chi connectivity index (χ1n) is 0.873. The molecule has 6 heavy (non-hydrogen) atoms. The molecule has 0 rings (SSSR count). The van der Waals surface area contributed by atoms with Crippen LogP contribution in [-0.4, -0.2) is 2.52 Å². The van der Waals surface area contributed by atoms with Gasteiger partial charge in [-0.25, -0.2) is 0 Å². The minimum absolute atomic E-state index is 0. The van der Waals surface area contributed by atoms with Gasteiger partial charge < -0.3 is 15.8 Å². The molecule has 0 saturated heterocycles. The fourth-order valence-electron chi connectivity index (χ4n) is 0. The Morgan fingerprint density at radius 1 is 1.83 bits per heavy atom. The zero-order chi connectivity index (χ0) is 4.50. The van der Waals surface area contributed by atoms with Gasteiger partial charge in [-0.05, 0) is 0 Å². The van der Waals surface area contributed by atoms with Gasteiger partial charge in [-0.2, -0.15) is 0 Å². The second-order valence-corrected chi connectivity index (χ2v) is 7.05. The second-order valence-electron chi connectivity index (χ2n) is 0.495. The van der Waals surface area contributed by atoms with Gasteiger partial charge in [-0.1, -0.05) is 0 Å². The molecule has 0 aliphatic rings. The van der Waals surface area contributed by atoms with E-state index in [0.717, 1.165) is 0 Å². The predicted octanol–water partition coefficient (Wildman–Crippen LogP) is -0.536. The van der Waals surface area contributed by atoms with E-state index >= 15 is 0 Å². The van der Waals surface area contributed by atoms with Crippen LogP contribution < -0.4 is 29.6 Å². The van der Waals surface area contributed by atoms with E-state index in [-0.39, 0.29) is 29.6 Å². The first kappa shape index (κ1) is 11.3. The summed E-state index contributed by atoms with van der Waals surface area (Å²) in [5.41, 5.74) is 0. The molecule has 0 aromatic rings. The Balaban J connectivity index is 0. The standard InChI is InChI=1S/BBrClFI.Na/c2-1(3,4)5;/q-1;+1. The molecule has 0 fully saturated rings. The Kier molecular flexibility index (Phi) is 8.26. The fourth-order valence-corrected chi connectivity index (χ4v) is 0. The van der Waals surface area contributed by atoms with Crippen LogP contribution >= 0.6 is 49.6 Å². The van der Waals surface area contributed by atoms with Crippen molar-refractivity contribution in [3.63, 3.8) is 0 Å². The van der Waals surface area contributed by atoms with Crippen LogP contribution in [0.1, 0.15) is 0 Å². The molecule has 1 atom stereocenters. The van der Waals surface area contributed by atoms with Crippen molar-refractivity contribution in [2.75, 3.05) is 0 Å². The van der Waals surface area contributed by atoms with Crippen molar-refractivity contribution >= 4 is 52.1 Å². The van der Waals surface area contributed by atoms with Crippen molar-refractivity contribution < 1.29 is 33.9 Å². The van der Waals surface area contributed by atoms with E-state index in [9.17, 15) is 4.32 Å². The first-order chi connectivity index (χ1) is 2.00. The van der Waals surface area contributed by atoms with Crippen LogP contribution in [0.4, 0.5) is 4.32 Å². The molecule has 0 spiro atoms. The summed E-state index contributed by atoms with van der Waals surface area (Å²) in [6, 6.07) is 0. The van der Waals surface area contributed by atoms with Crippen LogP contribution in [0.2, 0.25) is 0 Å². The zero-order valence-corrected chi connectivity index (χ0v) is 9.59. The number of hydrogen-bond donors (Lipinski definition) is 0. The maximum absolute atomic E-state index is 11.4. The van der Waals surface area contributed by atoms with Crippen LogP contribution in [0.5, 0.6) is 0 Å². The minimum atomic E-state index is -2.25. The molecule has 32 valence electrons. The second kappa shape index (κ2) is 4.38. The quantitative estimate of drug-likeness (QED) is 0.416. The monoisotopic (exact) mass is 294 g/mol. The molecule has 0 bridgehead atoms. The Labute approximate surface area is 84.6 Å². The molecule has 0 amide bonds. The van der Waals surface area contributed by atoms with Crippen LogP contribution in [0, 0.1) is 0 Å². The predicted molar refractivity (Wildman–Crippen MR) is 35.7 cm³/mol. The van der Waals surface area contributed by atoms with Crippen molar-refractivity contribution in [2.45, 2.75) is 0 Å². The molecule has 6 heteroatoms. The van der Waals surface area contributed by atoms with E-state index < -0.39 is 2.52 Å². The normalized spacial score (nSPS) is 18.0. The Bertz CT molecular complexity index is 31.0. The molecule has 0 aromatic heterocycles. The van der Waals surface area contributed by atoms with Gasteiger partial charge in [-0.15, -0.1) is 0 Å². The van der Waals surface area contributed by atoms with E-state index in [1.54, 1.807) is 0 Å². The Hall–Kier alpha value is 2.49. The summed E-state index contributed by atoms with van der Waals surface area (Å²) in [6.07, 6.45) is 0. The SMILES string of the molecule is F[B-](Cl)(Br)I.[Na+]. The average molecular weight is 295 g/mol. The van der Waals surface area contributed by atoms with Crippen molar-refractivity contribution in [1.82, 2.24) is 0 Å². The van der Waals surface area contributed by atoms with Gasteiger partial charge in [0.1, 0.15) is 0 Å². The first-order valence-corrected chi connectivity index (χ1v) is 3.47. The van der Waals surface area contributed by atoms with E-state index in [1.807, 2.05) is 0 Å². The molecular formula is BBrClFINa. The van der Waals surface area contributed by atoms with Crippen molar-refractivity contribution in [1.29, 1.82) is 0 Å². The molecule has 0 N–H and O–H groups in total. The van der Waals surface area contributed by atoms with Crippen LogP contribution in [0.25, 0.3) is 0 Å². The molecular weight excluding hydrogens is 295 g/mol. The third-order valence-electron chi connectivity index (χ3n) is 0. The largest absolute Gasteiger partial charge is 1.00 e. The number of hydrogen-bond acceptors (Lipinski definition) is 0. The average Bonchev–Trinajstić information content (AvgIpc) is 0.722. The number of rotatable bonds is 0. The van der Waals surface area contributed by atoms with E-state index in [1.165, 1.54) is 22.4 Å². The Morgan fingerprint density at radius 3 is 1.83 bits per heavy atom. The molecule has 0 radical (unpaired) electrons. The smallest absolute Gasteiger partial charge is 0.472 e. The molecule has 0 saturated carbocycles. The summed E-state index contributed by atoms with van der Waals surface area (Å²) in [5.74, 6) is 0. The minimum Gasteiger partial charge on any atom is -0.472 e. The van der Waals surface area contributed by atoms with Gasteiger partial charge in [0.25, 0.3) is 0 Å².